The van der Waals surface area contributed by atoms with E-state index in [4.69, 9.17) is 4.74 Å². The Balaban J connectivity index is 2.40. The molecule has 0 spiro atoms. The van der Waals surface area contributed by atoms with Gasteiger partial charge in [-0.25, -0.2) is 0 Å². The largest absolute Gasteiger partial charge is 0.468 e. The van der Waals surface area contributed by atoms with Crippen molar-refractivity contribution >= 4 is 5.97 Å². The van der Waals surface area contributed by atoms with Crippen LogP contribution in [0.1, 0.15) is 32.6 Å². The highest BCUT2D eigenvalue weighted by molar-refractivity contribution is 5.80. The Morgan fingerprint density at radius 2 is 2.19 bits per heavy atom. The minimum absolute atomic E-state index is 0.183. The number of nitrogens with zero attached hydrogens (tertiary/aromatic N) is 1. The first-order valence-corrected chi connectivity index (χ1v) is 6.01. The van der Waals surface area contributed by atoms with E-state index >= 15 is 0 Å². The number of rotatable bonds is 6. The van der Waals surface area contributed by atoms with Crippen LogP contribution in [0.2, 0.25) is 0 Å². The lowest BCUT2D eigenvalue weighted by molar-refractivity contribution is -0.148. The number of carbonyl (C=O) groups is 1. The van der Waals surface area contributed by atoms with Crippen LogP contribution < -0.4 is 5.32 Å². The van der Waals surface area contributed by atoms with Crippen LogP contribution in [0.5, 0.6) is 0 Å². The van der Waals surface area contributed by atoms with E-state index in [1.807, 2.05) is 6.92 Å². The summed E-state index contributed by atoms with van der Waals surface area (Å²) in [5, 5.41) is 3.06. The van der Waals surface area contributed by atoms with Crippen molar-refractivity contribution in [1.82, 2.24) is 10.2 Å². The van der Waals surface area contributed by atoms with E-state index in [0.29, 0.717) is 0 Å². The fourth-order valence-corrected chi connectivity index (χ4v) is 1.96. The summed E-state index contributed by atoms with van der Waals surface area (Å²) in [7, 11) is 5.38. The van der Waals surface area contributed by atoms with Crippen molar-refractivity contribution in [3.63, 3.8) is 0 Å². The highest BCUT2D eigenvalue weighted by atomic mass is 16.5. The molecule has 1 N–H and O–H groups in total. The summed E-state index contributed by atoms with van der Waals surface area (Å²) in [6.45, 7) is 2.82. The van der Waals surface area contributed by atoms with E-state index in [2.05, 4.69) is 17.3 Å². The maximum Gasteiger partial charge on any atom is 0.325 e. The summed E-state index contributed by atoms with van der Waals surface area (Å²) < 4.78 is 4.82. The topological polar surface area (TPSA) is 41.6 Å². The van der Waals surface area contributed by atoms with Crippen molar-refractivity contribution < 1.29 is 9.53 Å². The van der Waals surface area contributed by atoms with Gasteiger partial charge in [-0.2, -0.15) is 0 Å². The number of nitrogens with one attached hydrogen (secondary N) is 1. The van der Waals surface area contributed by atoms with Crippen LogP contribution >= 0.6 is 0 Å². The van der Waals surface area contributed by atoms with Gasteiger partial charge in [0.2, 0.25) is 0 Å². The molecule has 0 amide bonds. The molecule has 94 valence electrons. The number of hydrogen-bond donors (Lipinski definition) is 1. The zero-order valence-electron chi connectivity index (χ0n) is 10.9. The molecule has 0 aromatic carbocycles. The summed E-state index contributed by atoms with van der Waals surface area (Å²) in [6.07, 6.45) is 4.72. The van der Waals surface area contributed by atoms with E-state index in [1.165, 1.54) is 26.4 Å². The van der Waals surface area contributed by atoms with Crippen molar-refractivity contribution in [3.8, 4) is 0 Å². The third kappa shape index (κ3) is 2.95. The SMILES string of the molecule is CNC(C)(CCN(C)C1CCC1)C(=O)OC. The van der Waals surface area contributed by atoms with E-state index in [9.17, 15) is 4.79 Å². The molecule has 0 radical (unpaired) electrons. The molecule has 0 saturated heterocycles. The molecule has 16 heavy (non-hydrogen) atoms. The molecule has 4 heteroatoms. The fraction of sp³-hybridized carbons (Fsp3) is 0.917. The number of hydrogen-bond acceptors (Lipinski definition) is 4. The molecule has 0 aliphatic heterocycles. The lowest BCUT2D eigenvalue weighted by Crippen LogP contribution is -2.51. The normalized spacial score (nSPS) is 20.3. The fourth-order valence-electron chi connectivity index (χ4n) is 1.96. The number of likely N-dealkylation sites (N-methyl/N-ethyl adjacent to an activating group) is 1. The summed E-state index contributed by atoms with van der Waals surface area (Å²) >= 11 is 0. The summed E-state index contributed by atoms with van der Waals surface area (Å²) in [4.78, 5) is 14.0. The Bertz CT molecular complexity index is 241. The first-order valence-electron chi connectivity index (χ1n) is 6.01. The minimum Gasteiger partial charge on any atom is -0.468 e. The van der Waals surface area contributed by atoms with Gasteiger partial charge in [-0.05, 0) is 40.3 Å². The molecule has 4 nitrogen and oxygen atoms in total. The quantitative estimate of drug-likeness (QED) is 0.689. The molecule has 1 saturated carbocycles. The van der Waals surface area contributed by atoms with Gasteiger partial charge in [0, 0.05) is 12.6 Å². The zero-order chi connectivity index (χ0) is 12.2. The number of ether oxygens (including phenoxy) is 1. The monoisotopic (exact) mass is 228 g/mol. The van der Waals surface area contributed by atoms with Crippen LogP contribution in [0.3, 0.4) is 0 Å². The smallest absolute Gasteiger partial charge is 0.325 e. The Morgan fingerprint density at radius 1 is 1.56 bits per heavy atom. The second kappa shape index (κ2) is 5.64. The molecule has 1 aliphatic rings. The third-order valence-electron chi connectivity index (χ3n) is 3.85. The predicted octanol–water partition coefficient (Wildman–Crippen LogP) is 1.01. The second-order valence-corrected chi connectivity index (χ2v) is 4.89. The second-order valence-electron chi connectivity index (χ2n) is 4.89. The van der Waals surface area contributed by atoms with Crippen molar-refractivity contribution in [2.75, 3.05) is 27.7 Å². The van der Waals surface area contributed by atoms with Gasteiger partial charge in [-0.15, -0.1) is 0 Å². The van der Waals surface area contributed by atoms with E-state index in [-0.39, 0.29) is 5.97 Å². The molecule has 1 rings (SSSR count). The van der Waals surface area contributed by atoms with Crippen LogP contribution in [0.4, 0.5) is 0 Å². The lowest BCUT2D eigenvalue weighted by atomic mass is 9.90. The Hall–Kier alpha value is -0.610. The van der Waals surface area contributed by atoms with Gasteiger partial charge in [-0.1, -0.05) is 6.42 Å². The minimum atomic E-state index is -0.563. The molecule has 0 bridgehead atoms. The molecular formula is C12H24N2O2. The average Bonchev–Trinajstić information content (AvgIpc) is 2.22. The summed E-state index contributed by atoms with van der Waals surface area (Å²) in [6, 6.07) is 0.721. The van der Waals surface area contributed by atoms with Gasteiger partial charge in [0.1, 0.15) is 5.54 Å². The van der Waals surface area contributed by atoms with Gasteiger partial charge in [-0.3, -0.25) is 4.79 Å². The van der Waals surface area contributed by atoms with Crippen molar-refractivity contribution in [3.05, 3.63) is 0 Å². The van der Waals surface area contributed by atoms with Crippen molar-refractivity contribution in [2.24, 2.45) is 0 Å². The highest BCUT2D eigenvalue weighted by Gasteiger charge is 2.33. The first-order chi connectivity index (χ1) is 7.53. The van der Waals surface area contributed by atoms with Gasteiger partial charge in [0.15, 0.2) is 0 Å². The maximum atomic E-state index is 11.6. The van der Waals surface area contributed by atoms with Gasteiger partial charge in [0.05, 0.1) is 7.11 Å². The molecule has 1 unspecified atom stereocenters. The third-order valence-corrected chi connectivity index (χ3v) is 3.85. The summed E-state index contributed by atoms with van der Waals surface area (Å²) in [5.74, 6) is -0.183. The molecule has 1 atom stereocenters. The number of methoxy groups -OCH3 is 1. The van der Waals surface area contributed by atoms with Crippen LogP contribution in [-0.4, -0.2) is 50.2 Å². The Kier molecular flexibility index (Phi) is 4.74. The van der Waals surface area contributed by atoms with Crippen LogP contribution in [0.15, 0.2) is 0 Å². The Morgan fingerprint density at radius 3 is 2.56 bits per heavy atom. The molecule has 1 aliphatic carbocycles. The van der Waals surface area contributed by atoms with E-state index in [0.717, 1.165) is 19.0 Å². The lowest BCUT2D eigenvalue weighted by Gasteiger charge is -2.36. The Labute approximate surface area is 98.3 Å². The average molecular weight is 228 g/mol. The van der Waals surface area contributed by atoms with Crippen LogP contribution in [0, 0.1) is 0 Å². The van der Waals surface area contributed by atoms with Crippen molar-refractivity contribution in [2.45, 2.75) is 44.2 Å². The first kappa shape index (κ1) is 13.5. The predicted molar refractivity (Wildman–Crippen MR) is 64.4 cm³/mol. The number of esters is 1. The maximum absolute atomic E-state index is 11.6. The molecule has 0 aromatic heterocycles. The molecular weight excluding hydrogens is 204 g/mol. The van der Waals surface area contributed by atoms with Crippen LogP contribution in [-0.2, 0) is 9.53 Å². The van der Waals surface area contributed by atoms with E-state index in [1.54, 1.807) is 7.05 Å². The highest BCUT2D eigenvalue weighted by Crippen LogP contribution is 2.24. The molecule has 0 heterocycles. The number of carbonyl (C=O) groups excluding carboxylic acids is 1. The molecule has 1 fully saturated rings. The standard InChI is InChI=1S/C12H24N2O2/c1-12(13-2,11(15)16-4)8-9-14(3)10-6-5-7-10/h10,13H,5-9H2,1-4H3. The van der Waals surface area contributed by atoms with Gasteiger partial charge >= 0.3 is 5.97 Å². The van der Waals surface area contributed by atoms with Crippen molar-refractivity contribution in [1.29, 1.82) is 0 Å². The van der Waals surface area contributed by atoms with E-state index < -0.39 is 5.54 Å². The van der Waals surface area contributed by atoms with Gasteiger partial charge < -0.3 is 15.0 Å². The van der Waals surface area contributed by atoms with Gasteiger partial charge in [0.25, 0.3) is 0 Å². The molecule has 0 aromatic rings. The zero-order valence-corrected chi connectivity index (χ0v) is 10.9. The van der Waals surface area contributed by atoms with Crippen LogP contribution in [0.25, 0.3) is 0 Å². The summed E-state index contributed by atoms with van der Waals surface area (Å²) in [5.41, 5.74) is -0.563.